The third-order valence-corrected chi connectivity index (χ3v) is 3.64. The Labute approximate surface area is 127 Å². The van der Waals surface area contributed by atoms with Crippen LogP contribution in [-0.4, -0.2) is 22.9 Å². The van der Waals surface area contributed by atoms with Crippen LogP contribution in [0.3, 0.4) is 0 Å². The van der Waals surface area contributed by atoms with Gasteiger partial charge in [0.15, 0.2) is 0 Å². The molecule has 0 radical (unpaired) electrons. The summed E-state index contributed by atoms with van der Waals surface area (Å²) in [5, 5.41) is 19.0. The average molecular weight is 286 g/mol. The first-order valence-corrected chi connectivity index (χ1v) is 8.32. The molecule has 2 heteroatoms. The molecule has 0 aliphatic carbocycles. The van der Waals surface area contributed by atoms with E-state index >= 15 is 0 Å². The maximum Gasteiger partial charge on any atom is 0.0613 e. The van der Waals surface area contributed by atoms with Crippen molar-refractivity contribution in [2.45, 2.75) is 91.6 Å². The fourth-order valence-electron chi connectivity index (χ4n) is 1.97. The van der Waals surface area contributed by atoms with Crippen molar-refractivity contribution in [1.82, 2.24) is 0 Å². The lowest BCUT2D eigenvalue weighted by molar-refractivity contribution is 0.00143. The molecule has 1 unspecified atom stereocenters. The zero-order valence-electron chi connectivity index (χ0n) is 14.3. The van der Waals surface area contributed by atoms with Gasteiger partial charge in [0.1, 0.15) is 0 Å². The van der Waals surface area contributed by atoms with E-state index in [0.717, 1.165) is 12.8 Å². The van der Waals surface area contributed by atoms with E-state index in [1.54, 1.807) is 6.08 Å². The Balaban J connectivity index is 0. The number of aliphatic hydroxyl groups excluding tert-OH is 2. The molecule has 0 rings (SSSR count). The highest BCUT2D eigenvalue weighted by molar-refractivity contribution is 4.76. The highest BCUT2D eigenvalue weighted by atomic mass is 16.3. The number of unbranched alkanes of at least 4 members (excludes halogenated alkanes) is 7. The molecule has 0 saturated heterocycles. The molecule has 0 fully saturated rings. The van der Waals surface area contributed by atoms with E-state index in [-0.39, 0.29) is 18.1 Å². The van der Waals surface area contributed by atoms with Crippen LogP contribution in [0.2, 0.25) is 0 Å². The van der Waals surface area contributed by atoms with Gasteiger partial charge in [0, 0.05) is 5.41 Å². The molecule has 0 saturated carbocycles. The van der Waals surface area contributed by atoms with Gasteiger partial charge in [-0.15, -0.1) is 6.58 Å². The van der Waals surface area contributed by atoms with Crippen LogP contribution in [0.15, 0.2) is 12.7 Å². The first kappa shape index (κ1) is 21.9. The molecule has 1 atom stereocenters. The molecule has 0 aliphatic heterocycles. The number of aliphatic hydroxyl groups is 2. The second kappa shape index (κ2) is 15.1. The highest BCUT2D eigenvalue weighted by Gasteiger charge is 2.26. The van der Waals surface area contributed by atoms with Gasteiger partial charge in [0.2, 0.25) is 0 Å². The maximum atomic E-state index is 9.89. The summed E-state index contributed by atoms with van der Waals surface area (Å²) < 4.78 is 0. The van der Waals surface area contributed by atoms with E-state index < -0.39 is 0 Å². The summed E-state index contributed by atoms with van der Waals surface area (Å²) in [6, 6.07) is 0. The second-order valence-corrected chi connectivity index (χ2v) is 6.33. The predicted molar refractivity (Wildman–Crippen MR) is 90.0 cm³/mol. The van der Waals surface area contributed by atoms with Crippen LogP contribution in [0.25, 0.3) is 0 Å². The topological polar surface area (TPSA) is 40.5 Å². The van der Waals surface area contributed by atoms with Crippen LogP contribution < -0.4 is 0 Å². The molecule has 2 nitrogen and oxygen atoms in total. The molecule has 0 heterocycles. The summed E-state index contributed by atoms with van der Waals surface area (Å²) in [7, 11) is 0. The molecule has 0 amide bonds. The van der Waals surface area contributed by atoms with Crippen LogP contribution >= 0.6 is 0 Å². The van der Waals surface area contributed by atoms with Gasteiger partial charge in [-0.2, -0.15) is 0 Å². The van der Waals surface area contributed by atoms with E-state index in [9.17, 15) is 5.11 Å². The predicted octanol–water partition coefficient (Wildman–Crippen LogP) is 5.09. The summed E-state index contributed by atoms with van der Waals surface area (Å²) in [6.07, 6.45) is 12.5. The van der Waals surface area contributed by atoms with E-state index in [0.29, 0.717) is 0 Å². The number of hydrogen-bond acceptors (Lipinski definition) is 2. The van der Waals surface area contributed by atoms with Crippen molar-refractivity contribution in [3.05, 3.63) is 12.7 Å². The van der Waals surface area contributed by atoms with Crippen molar-refractivity contribution in [3.63, 3.8) is 0 Å². The van der Waals surface area contributed by atoms with E-state index in [2.05, 4.69) is 13.5 Å². The normalized spacial score (nSPS) is 12.5. The van der Waals surface area contributed by atoms with Crippen molar-refractivity contribution >= 4 is 0 Å². The fourth-order valence-corrected chi connectivity index (χ4v) is 1.97. The van der Waals surface area contributed by atoms with Crippen LogP contribution in [0, 0.1) is 5.41 Å². The Morgan fingerprint density at radius 3 is 1.80 bits per heavy atom. The van der Waals surface area contributed by atoms with Gasteiger partial charge in [-0.3, -0.25) is 0 Å². The van der Waals surface area contributed by atoms with Gasteiger partial charge in [-0.1, -0.05) is 78.2 Å². The minimum atomic E-state index is -0.368. The molecule has 2 N–H and O–H groups in total. The first-order valence-electron chi connectivity index (χ1n) is 8.32. The summed E-state index contributed by atoms with van der Waals surface area (Å²) in [5.74, 6) is 0. The Kier molecular flexibility index (Phi) is 16.5. The molecule has 0 spiro atoms. The Morgan fingerprint density at radius 2 is 1.40 bits per heavy atom. The lowest BCUT2D eigenvalue weighted by atomic mass is 9.84. The molecule has 0 bridgehead atoms. The molecule has 0 aromatic rings. The minimum Gasteiger partial charge on any atom is -0.396 e. The molecule has 0 aliphatic rings. The average Bonchev–Trinajstić information content (AvgIpc) is 2.42. The maximum absolute atomic E-state index is 9.89. The molecule has 20 heavy (non-hydrogen) atoms. The van der Waals surface area contributed by atoms with Crippen molar-refractivity contribution in [2.24, 2.45) is 5.41 Å². The Morgan fingerprint density at radius 1 is 1.00 bits per heavy atom. The van der Waals surface area contributed by atoms with Crippen molar-refractivity contribution in [3.8, 4) is 0 Å². The Hall–Kier alpha value is -0.340. The highest BCUT2D eigenvalue weighted by Crippen LogP contribution is 2.24. The van der Waals surface area contributed by atoms with E-state index in [4.69, 9.17) is 5.11 Å². The van der Waals surface area contributed by atoms with Crippen LogP contribution in [0.1, 0.15) is 85.5 Å². The second-order valence-electron chi connectivity index (χ2n) is 6.33. The van der Waals surface area contributed by atoms with E-state index in [1.807, 2.05) is 20.8 Å². The third kappa shape index (κ3) is 14.1. The Bertz CT molecular complexity index is 200. The standard InChI is InChI=1S/C15H32O2.C3H6/c1-4-5-6-7-8-9-10-11-12-14(17)15(2,3)13-16;1-3-2/h14,16-17H,4-13H2,1-3H3;3H,1H2,2H3. The lowest BCUT2D eigenvalue weighted by Crippen LogP contribution is -2.32. The lowest BCUT2D eigenvalue weighted by Gasteiger charge is -2.28. The summed E-state index contributed by atoms with van der Waals surface area (Å²) in [6.45, 7) is 11.4. The first-order chi connectivity index (χ1) is 9.46. The third-order valence-electron chi connectivity index (χ3n) is 3.64. The van der Waals surface area contributed by atoms with Gasteiger partial charge >= 0.3 is 0 Å². The van der Waals surface area contributed by atoms with Gasteiger partial charge in [-0.25, -0.2) is 0 Å². The molecule has 122 valence electrons. The van der Waals surface area contributed by atoms with Crippen LogP contribution in [-0.2, 0) is 0 Å². The summed E-state index contributed by atoms with van der Waals surface area (Å²) >= 11 is 0. The van der Waals surface area contributed by atoms with Gasteiger partial charge in [-0.05, 0) is 13.3 Å². The molecule has 0 aromatic carbocycles. The smallest absolute Gasteiger partial charge is 0.0613 e. The van der Waals surface area contributed by atoms with Gasteiger partial charge in [0.05, 0.1) is 12.7 Å². The SMILES string of the molecule is C=CC.CCCCCCCCCCC(O)C(C)(C)CO. The van der Waals surface area contributed by atoms with Crippen molar-refractivity contribution in [2.75, 3.05) is 6.61 Å². The molecular weight excluding hydrogens is 248 g/mol. The fraction of sp³-hybridized carbons (Fsp3) is 0.889. The van der Waals surface area contributed by atoms with Gasteiger partial charge in [0.25, 0.3) is 0 Å². The number of allylic oxidation sites excluding steroid dienone is 1. The summed E-state index contributed by atoms with van der Waals surface area (Å²) in [5.41, 5.74) is -0.346. The zero-order chi connectivity index (χ0) is 15.9. The monoisotopic (exact) mass is 286 g/mol. The number of rotatable bonds is 11. The molecular formula is C18H38O2. The van der Waals surface area contributed by atoms with Crippen molar-refractivity contribution in [1.29, 1.82) is 0 Å². The van der Waals surface area contributed by atoms with Gasteiger partial charge < -0.3 is 10.2 Å². The summed E-state index contributed by atoms with van der Waals surface area (Å²) in [4.78, 5) is 0. The quantitative estimate of drug-likeness (QED) is 0.410. The van der Waals surface area contributed by atoms with Crippen LogP contribution in [0.5, 0.6) is 0 Å². The zero-order valence-corrected chi connectivity index (χ0v) is 14.3. The van der Waals surface area contributed by atoms with Crippen LogP contribution in [0.4, 0.5) is 0 Å². The van der Waals surface area contributed by atoms with Crippen molar-refractivity contribution < 1.29 is 10.2 Å². The minimum absolute atomic E-state index is 0.0607. The largest absolute Gasteiger partial charge is 0.396 e. The molecule has 0 aromatic heterocycles. The van der Waals surface area contributed by atoms with E-state index in [1.165, 1.54) is 44.9 Å². The number of hydrogen-bond donors (Lipinski definition) is 2.